The first kappa shape index (κ1) is 19.0. The van der Waals surface area contributed by atoms with Gasteiger partial charge < -0.3 is 15.2 Å². The van der Waals surface area contributed by atoms with Gasteiger partial charge in [-0.1, -0.05) is 55.3 Å². The maximum absolute atomic E-state index is 13.1. The van der Waals surface area contributed by atoms with Crippen LogP contribution in [0.4, 0.5) is 0 Å². The Morgan fingerprint density at radius 3 is 2.26 bits per heavy atom. The lowest BCUT2D eigenvalue weighted by molar-refractivity contribution is -0.138. The van der Waals surface area contributed by atoms with Gasteiger partial charge in [-0.15, -0.1) is 0 Å². The van der Waals surface area contributed by atoms with Crippen LogP contribution in [0.1, 0.15) is 42.7 Å². The van der Waals surface area contributed by atoms with Crippen molar-refractivity contribution < 1.29 is 19.4 Å². The molecule has 1 saturated carbocycles. The van der Waals surface area contributed by atoms with Gasteiger partial charge in [0, 0.05) is 6.54 Å². The number of methoxy groups -OCH3 is 1. The molecule has 1 atom stereocenters. The third kappa shape index (κ3) is 3.97. The highest BCUT2D eigenvalue weighted by Crippen LogP contribution is 2.42. The lowest BCUT2D eigenvalue weighted by atomic mass is 9.78. The van der Waals surface area contributed by atoms with Crippen molar-refractivity contribution >= 4 is 11.9 Å². The summed E-state index contributed by atoms with van der Waals surface area (Å²) in [4.78, 5) is 24.8. The summed E-state index contributed by atoms with van der Waals surface area (Å²) in [6, 6.07) is 16.6. The fraction of sp³-hybridized carbons (Fsp3) is 0.364. The summed E-state index contributed by atoms with van der Waals surface area (Å²) in [5.74, 6) is -1.04. The van der Waals surface area contributed by atoms with Crippen LogP contribution in [0.2, 0.25) is 0 Å². The van der Waals surface area contributed by atoms with Crippen LogP contribution in [0.5, 0.6) is 5.75 Å². The van der Waals surface area contributed by atoms with E-state index in [1.54, 1.807) is 19.2 Å². The monoisotopic (exact) mass is 367 g/mol. The van der Waals surface area contributed by atoms with E-state index in [-0.39, 0.29) is 12.5 Å². The Morgan fingerprint density at radius 2 is 1.70 bits per heavy atom. The van der Waals surface area contributed by atoms with Gasteiger partial charge in [-0.25, -0.2) is 0 Å². The van der Waals surface area contributed by atoms with Crippen LogP contribution in [0, 0.1) is 0 Å². The van der Waals surface area contributed by atoms with Crippen LogP contribution in [0.15, 0.2) is 54.6 Å². The Labute approximate surface area is 159 Å². The molecule has 5 heteroatoms. The molecule has 142 valence electrons. The number of carbonyl (C=O) groups is 2. The van der Waals surface area contributed by atoms with Crippen molar-refractivity contribution in [3.8, 4) is 5.75 Å². The maximum atomic E-state index is 13.1. The van der Waals surface area contributed by atoms with E-state index in [2.05, 4.69) is 5.32 Å². The van der Waals surface area contributed by atoms with E-state index < -0.39 is 17.3 Å². The van der Waals surface area contributed by atoms with Crippen molar-refractivity contribution in [1.82, 2.24) is 5.32 Å². The molecule has 0 bridgehead atoms. The summed E-state index contributed by atoms with van der Waals surface area (Å²) in [7, 11) is 1.61. The average molecular weight is 367 g/mol. The Hall–Kier alpha value is -2.82. The average Bonchev–Trinajstić information content (AvgIpc) is 3.20. The Bertz CT molecular complexity index is 780. The summed E-state index contributed by atoms with van der Waals surface area (Å²) < 4.78 is 5.21. The Balaban J connectivity index is 1.78. The van der Waals surface area contributed by atoms with Crippen molar-refractivity contribution in [1.29, 1.82) is 0 Å². The molecule has 0 aromatic heterocycles. The van der Waals surface area contributed by atoms with E-state index in [0.29, 0.717) is 5.56 Å². The highest BCUT2D eigenvalue weighted by atomic mass is 16.5. The molecule has 2 aromatic rings. The normalized spacial score (nSPS) is 16.5. The molecule has 0 aliphatic heterocycles. The fourth-order valence-corrected chi connectivity index (χ4v) is 3.93. The first-order chi connectivity index (χ1) is 13.1. The predicted octanol–water partition coefficient (Wildman–Crippen LogP) is 3.49. The molecule has 2 aromatic carbocycles. The molecule has 3 rings (SSSR count). The minimum absolute atomic E-state index is 0.0794. The summed E-state index contributed by atoms with van der Waals surface area (Å²) in [5.41, 5.74) is 1.06. The number of hydrogen-bond acceptors (Lipinski definition) is 3. The van der Waals surface area contributed by atoms with Crippen LogP contribution in [0.3, 0.4) is 0 Å². The molecule has 1 amide bonds. The number of aliphatic carboxylic acids is 1. The lowest BCUT2D eigenvalue weighted by Gasteiger charge is -2.29. The second-order valence-corrected chi connectivity index (χ2v) is 7.03. The third-order valence-corrected chi connectivity index (χ3v) is 5.50. The molecular weight excluding hydrogens is 342 g/mol. The van der Waals surface area contributed by atoms with Crippen molar-refractivity contribution in [3.63, 3.8) is 0 Å². The minimum atomic E-state index is -0.939. The van der Waals surface area contributed by atoms with Gasteiger partial charge in [0.25, 0.3) is 0 Å². The second kappa shape index (κ2) is 8.25. The zero-order valence-electron chi connectivity index (χ0n) is 15.5. The second-order valence-electron chi connectivity index (χ2n) is 7.03. The van der Waals surface area contributed by atoms with Gasteiger partial charge in [0.05, 0.1) is 18.4 Å². The molecule has 2 N–H and O–H groups in total. The van der Waals surface area contributed by atoms with Crippen LogP contribution in [-0.4, -0.2) is 30.6 Å². The molecule has 0 radical (unpaired) electrons. The van der Waals surface area contributed by atoms with Crippen molar-refractivity contribution in [3.05, 3.63) is 65.7 Å². The van der Waals surface area contributed by atoms with E-state index in [0.717, 1.165) is 37.0 Å². The van der Waals surface area contributed by atoms with Crippen LogP contribution in [0.25, 0.3) is 0 Å². The molecule has 0 saturated heterocycles. The van der Waals surface area contributed by atoms with E-state index in [9.17, 15) is 14.7 Å². The SMILES string of the molecule is COc1ccc(C2(C(=O)NCC(C(=O)O)c3ccccc3)CCCC2)cc1. The van der Waals surface area contributed by atoms with Gasteiger partial charge >= 0.3 is 5.97 Å². The van der Waals surface area contributed by atoms with E-state index in [1.807, 2.05) is 42.5 Å². The highest BCUT2D eigenvalue weighted by molar-refractivity contribution is 5.89. The molecule has 0 spiro atoms. The van der Waals surface area contributed by atoms with Crippen LogP contribution < -0.4 is 10.1 Å². The summed E-state index contributed by atoms with van der Waals surface area (Å²) in [6.07, 6.45) is 3.52. The molecule has 1 unspecified atom stereocenters. The molecule has 1 fully saturated rings. The zero-order chi connectivity index (χ0) is 19.3. The topological polar surface area (TPSA) is 75.6 Å². The molecule has 0 heterocycles. The molecule has 5 nitrogen and oxygen atoms in total. The number of hydrogen-bond donors (Lipinski definition) is 2. The van der Waals surface area contributed by atoms with Gasteiger partial charge in [-0.2, -0.15) is 0 Å². The van der Waals surface area contributed by atoms with Crippen molar-refractivity contribution in [2.75, 3.05) is 13.7 Å². The number of carbonyl (C=O) groups excluding carboxylic acids is 1. The van der Waals surface area contributed by atoms with E-state index in [1.165, 1.54) is 0 Å². The van der Waals surface area contributed by atoms with Crippen LogP contribution >= 0.6 is 0 Å². The molecule has 27 heavy (non-hydrogen) atoms. The first-order valence-corrected chi connectivity index (χ1v) is 9.27. The standard InChI is InChI=1S/C22H25NO4/c1-27-18-11-9-17(10-12-18)22(13-5-6-14-22)21(26)23-15-19(20(24)25)16-7-3-2-4-8-16/h2-4,7-12,19H,5-6,13-15H2,1H3,(H,23,26)(H,24,25). The Morgan fingerprint density at radius 1 is 1.07 bits per heavy atom. The molecule has 1 aliphatic carbocycles. The van der Waals surface area contributed by atoms with Crippen molar-refractivity contribution in [2.24, 2.45) is 0 Å². The van der Waals surface area contributed by atoms with E-state index >= 15 is 0 Å². The van der Waals surface area contributed by atoms with Crippen molar-refractivity contribution in [2.45, 2.75) is 37.0 Å². The maximum Gasteiger partial charge on any atom is 0.312 e. The first-order valence-electron chi connectivity index (χ1n) is 9.27. The number of ether oxygens (including phenoxy) is 1. The number of benzene rings is 2. The largest absolute Gasteiger partial charge is 0.497 e. The van der Waals surface area contributed by atoms with Gasteiger partial charge in [-0.3, -0.25) is 9.59 Å². The number of carboxylic acids is 1. The number of amides is 1. The molecular formula is C22H25NO4. The fourth-order valence-electron chi connectivity index (χ4n) is 3.93. The van der Waals surface area contributed by atoms with Gasteiger partial charge in [0.1, 0.15) is 5.75 Å². The molecule has 1 aliphatic rings. The van der Waals surface area contributed by atoms with E-state index in [4.69, 9.17) is 4.74 Å². The number of rotatable bonds is 7. The summed E-state index contributed by atoms with van der Waals surface area (Å²) in [5, 5.41) is 12.5. The van der Waals surface area contributed by atoms with Gasteiger partial charge in [0.2, 0.25) is 5.91 Å². The Kier molecular flexibility index (Phi) is 5.79. The predicted molar refractivity (Wildman–Crippen MR) is 103 cm³/mol. The van der Waals surface area contributed by atoms with Crippen LogP contribution in [-0.2, 0) is 15.0 Å². The highest BCUT2D eigenvalue weighted by Gasteiger charge is 2.42. The number of carboxylic acid groups (broad SMARTS) is 1. The quantitative estimate of drug-likeness (QED) is 0.785. The smallest absolute Gasteiger partial charge is 0.312 e. The minimum Gasteiger partial charge on any atom is -0.497 e. The third-order valence-electron chi connectivity index (χ3n) is 5.50. The summed E-state index contributed by atoms with van der Waals surface area (Å²) >= 11 is 0. The lowest BCUT2D eigenvalue weighted by Crippen LogP contribution is -2.44. The summed E-state index contributed by atoms with van der Waals surface area (Å²) in [6.45, 7) is 0.0794. The number of nitrogens with one attached hydrogen (secondary N) is 1. The zero-order valence-corrected chi connectivity index (χ0v) is 15.5. The van der Waals surface area contributed by atoms with Gasteiger partial charge in [0.15, 0.2) is 0 Å². The van der Waals surface area contributed by atoms with Gasteiger partial charge in [-0.05, 0) is 36.1 Å².